The minimum Gasteiger partial charge on any atom is -0.323 e. The molecule has 1 aliphatic rings. The summed E-state index contributed by atoms with van der Waals surface area (Å²) in [5, 5.41) is 3.57. The van der Waals surface area contributed by atoms with Gasteiger partial charge in [0.25, 0.3) is 0 Å². The normalized spacial score (nSPS) is 23.5. The summed E-state index contributed by atoms with van der Waals surface area (Å²) in [5.41, 5.74) is 1.71. The average Bonchev–Trinajstić information content (AvgIpc) is 2.72. The summed E-state index contributed by atoms with van der Waals surface area (Å²) in [6.07, 6.45) is 2.31. The Labute approximate surface area is 138 Å². The summed E-state index contributed by atoms with van der Waals surface area (Å²) < 4.78 is 0. The zero-order valence-corrected chi connectivity index (χ0v) is 14.6. The number of hydrogen-bond donors (Lipinski definition) is 1. The van der Waals surface area contributed by atoms with Crippen molar-refractivity contribution in [2.75, 3.05) is 5.32 Å². The van der Waals surface area contributed by atoms with Gasteiger partial charge in [-0.25, -0.2) is 0 Å². The van der Waals surface area contributed by atoms with E-state index in [4.69, 9.17) is 11.6 Å². The van der Waals surface area contributed by atoms with E-state index in [0.717, 1.165) is 24.1 Å². The molecule has 0 radical (unpaired) electrons. The van der Waals surface area contributed by atoms with E-state index in [1.165, 1.54) is 0 Å². The fraction of sp³-hybridized carbons (Fsp3) is 0.562. The van der Waals surface area contributed by atoms with Crippen LogP contribution < -0.4 is 5.32 Å². The van der Waals surface area contributed by atoms with Crippen LogP contribution in [-0.2, 0) is 4.79 Å². The van der Waals surface area contributed by atoms with Crippen LogP contribution in [0.15, 0.2) is 18.2 Å². The lowest BCUT2D eigenvalue weighted by Gasteiger charge is -2.31. The van der Waals surface area contributed by atoms with Crippen LogP contribution >= 0.6 is 24.0 Å². The Balaban J connectivity index is 0.00000220. The van der Waals surface area contributed by atoms with Crippen LogP contribution in [0.2, 0.25) is 5.02 Å². The van der Waals surface area contributed by atoms with Crippen LogP contribution in [0.3, 0.4) is 0 Å². The Bertz CT molecular complexity index is 477. The van der Waals surface area contributed by atoms with E-state index in [1.807, 2.05) is 26.0 Å². The molecule has 1 N–H and O–H groups in total. The van der Waals surface area contributed by atoms with E-state index < -0.39 is 0 Å². The molecule has 118 valence electrons. The molecule has 1 fully saturated rings. The molecule has 1 aromatic rings. The van der Waals surface area contributed by atoms with Gasteiger partial charge in [-0.05, 0) is 52.2 Å². The van der Waals surface area contributed by atoms with Crippen molar-refractivity contribution < 1.29 is 4.79 Å². The molecule has 1 aliphatic heterocycles. The zero-order chi connectivity index (χ0) is 14.9. The number of benzene rings is 1. The van der Waals surface area contributed by atoms with Crippen LogP contribution in [-0.4, -0.2) is 28.9 Å². The van der Waals surface area contributed by atoms with Crippen LogP contribution in [0.1, 0.15) is 39.2 Å². The topological polar surface area (TPSA) is 32.3 Å². The molecule has 0 aromatic heterocycles. The highest BCUT2D eigenvalue weighted by Gasteiger charge is 2.34. The first kappa shape index (κ1) is 18.3. The highest BCUT2D eigenvalue weighted by molar-refractivity contribution is 6.34. The second-order valence-corrected chi connectivity index (χ2v) is 6.23. The van der Waals surface area contributed by atoms with Gasteiger partial charge >= 0.3 is 0 Å². The van der Waals surface area contributed by atoms with Gasteiger partial charge in [-0.15, -0.1) is 12.4 Å². The van der Waals surface area contributed by atoms with Gasteiger partial charge < -0.3 is 5.32 Å². The van der Waals surface area contributed by atoms with Crippen molar-refractivity contribution in [3.63, 3.8) is 0 Å². The molecule has 21 heavy (non-hydrogen) atoms. The van der Waals surface area contributed by atoms with Gasteiger partial charge in [0.15, 0.2) is 0 Å². The zero-order valence-electron chi connectivity index (χ0n) is 13.0. The number of aryl methyl sites for hydroxylation is 1. The number of anilines is 1. The molecule has 1 amide bonds. The third-order valence-corrected chi connectivity index (χ3v) is 4.63. The molecule has 5 heteroatoms. The molecule has 3 atom stereocenters. The Hall–Kier alpha value is -0.770. The van der Waals surface area contributed by atoms with E-state index in [0.29, 0.717) is 17.1 Å². The number of carbonyl (C=O) groups excluding carboxylic acids is 1. The summed E-state index contributed by atoms with van der Waals surface area (Å²) in [6.45, 7) is 8.30. The maximum Gasteiger partial charge on any atom is 0.241 e. The first-order valence-electron chi connectivity index (χ1n) is 7.25. The summed E-state index contributed by atoms with van der Waals surface area (Å²) in [7, 11) is 0. The van der Waals surface area contributed by atoms with Crippen LogP contribution in [0.25, 0.3) is 0 Å². The van der Waals surface area contributed by atoms with Crippen molar-refractivity contribution in [2.24, 2.45) is 0 Å². The number of amides is 1. The van der Waals surface area contributed by atoms with Gasteiger partial charge in [0.05, 0.1) is 16.8 Å². The number of para-hydroxylation sites is 1. The third kappa shape index (κ3) is 3.91. The van der Waals surface area contributed by atoms with Crippen molar-refractivity contribution in [1.29, 1.82) is 0 Å². The molecule has 0 saturated carbocycles. The Morgan fingerprint density at radius 2 is 1.90 bits per heavy atom. The number of carbonyl (C=O) groups is 1. The van der Waals surface area contributed by atoms with E-state index >= 15 is 0 Å². The lowest BCUT2D eigenvalue weighted by molar-refractivity contribution is -0.121. The van der Waals surface area contributed by atoms with E-state index in [1.54, 1.807) is 6.07 Å². The molecule has 1 saturated heterocycles. The predicted molar refractivity (Wildman–Crippen MR) is 91.5 cm³/mol. The first-order chi connectivity index (χ1) is 9.41. The number of nitrogens with zero attached hydrogens (tertiary/aromatic N) is 1. The van der Waals surface area contributed by atoms with Crippen molar-refractivity contribution in [3.8, 4) is 0 Å². The van der Waals surface area contributed by atoms with Crippen molar-refractivity contribution >= 4 is 35.6 Å². The number of hydrogen-bond acceptors (Lipinski definition) is 2. The molecular formula is C16H24Cl2N2O. The number of likely N-dealkylation sites (tertiary alicyclic amines) is 1. The summed E-state index contributed by atoms with van der Waals surface area (Å²) in [6, 6.07) is 6.42. The molecular weight excluding hydrogens is 307 g/mol. The second-order valence-electron chi connectivity index (χ2n) is 5.82. The lowest BCUT2D eigenvalue weighted by Crippen LogP contribution is -2.47. The highest BCUT2D eigenvalue weighted by atomic mass is 35.5. The quantitative estimate of drug-likeness (QED) is 0.897. The number of nitrogens with one attached hydrogen (secondary N) is 1. The standard InChI is InChI=1S/C16H23ClN2O.ClH/c1-10-6-5-7-14(17)15(10)18-16(20)13(4)19-11(2)8-9-12(19)3;/h5-7,11-13H,8-9H2,1-4H3,(H,18,20);1H. The van der Waals surface area contributed by atoms with Crippen LogP contribution in [0.4, 0.5) is 5.69 Å². The first-order valence-corrected chi connectivity index (χ1v) is 7.63. The summed E-state index contributed by atoms with van der Waals surface area (Å²) in [4.78, 5) is 14.8. The number of halogens is 2. The smallest absolute Gasteiger partial charge is 0.241 e. The van der Waals surface area contributed by atoms with Crippen molar-refractivity contribution in [2.45, 2.75) is 58.7 Å². The fourth-order valence-corrected chi connectivity index (χ4v) is 3.40. The summed E-state index contributed by atoms with van der Waals surface area (Å²) in [5.74, 6) is 0.0156. The van der Waals surface area contributed by atoms with Gasteiger partial charge in [0.1, 0.15) is 0 Å². The molecule has 1 aromatic carbocycles. The monoisotopic (exact) mass is 330 g/mol. The van der Waals surface area contributed by atoms with Crippen LogP contribution in [0.5, 0.6) is 0 Å². The van der Waals surface area contributed by atoms with Crippen molar-refractivity contribution in [1.82, 2.24) is 4.90 Å². The van der Waals surface area contributed by atoms with E-state index in [-0.39, 0.29) is 24.4 Å². The van der Waals surface area contributed by atoms with Crippen molar-refractivity contribution in [3.05, 3.63) is 28.8 Å². The molecule has 3 unspecified atom stereocenters. The Morgan fingerprint density at radius 3 is 2.43 bits per heavy atom. The highest BCUT2D eigenvalue weighted by Crippen LogP contribution is 2.28. The van der Waals surface area contributed by atoms with Gasteiger partial charge in [0.2, 0.25) is 5.91 Å². The maximum absolute atomic E-state index is 12.5. The minimum atomic E-state index is -0.141. The molecule has 1 heterocycles. The van der Waals surface area contributed by atoms with E-state index in [2.05, 4.69) is 24.1 Å². The van der Waals surface area contributed by atoms with Gasteiger partial charge in [-0.1, -0.05) is 23.7 Å². The Kier molecular flexibility index (Phi) is 6.51. The molecule has 0 spiro atoms. The maximum atomic E-state index is 12.5. The molecule has 0 aliphatic carbocycles. The lowest BCUT2D eigenvalue weighted by atomic mass is 10.1. The van der Waals surface area contributed by atoms with Gasteiger partial charge in [-0.3, -0.25) is 9.69 Å². The molecule has 2 rings (SSSR count). The molecule has 0 bridgehead atoms. The molecule has 3 nitrogen and oxygen atoms in total. The van der Waals surface area contributed by atoms with Crippen LogP contribution in [0, 0.1) is 6.92 Å². The minimum absolute atomic E-state index is 0. The third-order valence-electron chi connectivity index (χ3n) is 4.32. The summed E-state index contributed by atoms with van der Waals surface area (Å²) >= 11 is 6.17. The average molecular weight is 331 g/mol. The second kappa shape index (κ2) is 7.48. The largest absolute Gasteiger partial charge is 0.323 e. The number of rotatable bonds is 3. The van der Waals surface area contributed by atoms with Gasteiger partial charge in [-0.2, -0.15) is 0 Å². The van der Waals surface area contributed by atoms with Gasteiger partial charge in [0, 0.05) is 12.1 Å². The predicted octanol–water partition coefficient (Wildman–Crippen LogP) is 4.27. The Morgan fingerprint density at radius 1 is 1.33 bits per heavy atom. The van der Waals surface area contributed by atoms with E-state index in [9.17, 15) is 4.79 Å². The SMILES string of the molecule is Cc1cccc(Cl)c1NC(=O)C(C)N1C(C)CCC1C.Cl. The fourth-order valence-electron chi connectivity index (χ4n) is 3.13.